The molecule has 1 aromatic rings. The molecule has 1 aromatic carbocycles. The van der Waals surface area contributed by atoms with Crippen LogP contribution in [0.3, 0.4) is 0 Å². The van der Waals surface area contributed by atoms with Gasteiger partial charge in [-0.05, 0) is 50.4 Å². The highest BCUT2D eigenvalue weighted by molar-refractivity contribution is 5.80. The molecular weight excluding hydrogens is 340 g/mol. The summed E-state index contributed by atoms with van der Waals surface area (Å²) in [6.07, 6.45) is 1.91. The van der Waals surface area contributed by atoms with Crippen molar-refractivity contribution >= 4 is 5.96 Å². The first-order valence-electron chi connectivity index (χ1n) is 10.2. The number of rotatable bonds is 9. The molecule has 0 saturated carbocycles. The first kappa shape index (κ1) is 21.4. The molecule has 6 nitrogen and oxygen atoms in total. The molecule has 0 amide bonds. The van der Waals surface area contributed by atoms with Gasteiger partial charge in [0.2, 0.25) is 0 Å². The molecule has 6 heteroatoms. The normalized spacial score (nSPS) is 17.6. The number of hydrogen-bond acceptors (Lipinski definition) is 4. The predicted molar refractivity (Wildman–Crippen MR) is 112 cm³/mol. The molecule has 1 saturated heterocycles. The quantitative estimate of drug-likeness (QED) is 0.512. The Kier molecular flexibility index (Phi) is 8.72. The number of ether oxygens (including phenoxy) is 1. The molecule has 0 radical (unpaired) electrons. The number of aliphatic imine (C=N–C) groups is 1. The SMILES string of the molecule is CCNC(=NCCc1cccc(OC)c1O)N1CCC(CN(CC)CC)C1. The molecule has 0 spiro atoms. The van der Waals surface area contributed by atoms with Crippen LogP contribution in [0.15, 0.2) is 23.2 Å². The molecule has 1 unspecified atom stereocenters. The monoisotopic (exact) mass is 376 g/mol. The average Bonchev–Trinajstić information content (AvgIpc) is 3.15. The van der Waals surface area contributed by atoms with E-state index in [-0.39, 0.29) is 5.75 Å². The Balaban J connectivity index is 1.95. The van der Waals surface area contributed by atoms with E-state index in [1.165, 1.54) is 13.0 Å². The van der Waals surface area contributed by atoms with Crippen molar-refractivity contribution in [3.05, 3.63) is 23.8 Å². The second-order valence-corrected chi connectivity index (χ2v) is 7.04. The third-order valence-corrected chi connectivity index (χ3v) is 5.28. The van der Waals surface area contributed by atoms with E-state index in [1.807, 2.05) is 12.1 Å². The minimum absolute atomic E-state index is 0.223. The lowest BCUT2D eigenvalue weighted by atomic mass is 10.1. The highest BCUT2D eigenvalue weighted by Gasteiger charge is 2.25. The first-order chi connectivity index (χ1) is 13.1. The van der Waals surface area contributed by atoms with Crippen LogP contribution in [0.25, 0.3) is 0 Å². The molecule has 1 aliphatic rings. The number of hydrogen-bond donors (Lipinski definition) is 2. The summed E-state index contributed by atoms with van der Waals surface area (Å²) in [5.74, 6) is 2.43. The number of nitrogens with one attached hydrogen (secondary N) is 1. The Morgan fingerprint density at radius 3 is 2.78 bits per heavy atom. The standard InChI is InChI=1S/C21H36N4O2/c1-5-22-21(25-14-12-17(16-25)15-24(6-2)7-3)23-13-11-18-9-8-10-19(27-4)20(18)26/h8-10,17,26H,5-7,11-16H2,1-4H3,(H,22,23). The average molecular weight is 377 g/mol. The maximum absolute atomic E-state index is 10.2. The lowest BCUT2D eigenvalue weighted by molar-refractivity contribution is 0.255. The summed E-state index contributed by atoms with van der Waals surface area (Å²) in [4.78, 5) is 9.69. The van der Waals surface area contributed by atoms with Crippen molar-refractivity contribution in [2.24, 2.45) is 10.9 Å². The maximum atomic E-state index is 10.2. The lowest BCUT2D eigenvalue weighted by Gasteiger charge is -2.24. The molecule has 0 aromatic heterocycles. The van der Waals surface area contributed by atoms with Crippen LogP contribution in [-0.4, -0.2) is 73.8 Å². The van der Waals surface area contributed by atoms with Gasteiger partial charge in [0, 0.05) is 32.7 Å². The van der Waals surface area contributed by atoms with Crippen LogP contribution in [0.1, 0.15) is 32.8 Å². The Morgan fingerprint density at radius 2 is 2.11 bits per heavy atom. The van der Waals surface area contributed by atoms with Crippen LogP contribution < -0.4 is 10.1 Å². The molecule has 1 heterocycles. The van der Waals surface area contributed by atoms with E-state index >= 15 is 0 Å². The molecule has 0 bridgehead atoms. The fourth-order valence-corrected chi connectivity index (χ4v) is 3.66. The molecule has 1 atom stereocenters. The summed E-state index contributed by atoms with van der Waals surface area (Å²) in [6, 6.07) is 5.60. The summed E-state index contributed by atoms with van der Waals surface area (Å²) in [7, 11) is 1.57. The minimum atomic E-state index is 0.223. The van der Waals surface area contributed by atoms with Gasteiger partial charge in [-0.15, -0.1) is 0 Å². The highest BCUT2D eigenvalue weighted by atomic mass is 16.5. The number of aromatic hydroxyl groups is 1. The minimum Gasteiger partial charge on any atom is -0.504 e. The second-order valence-electron chi connectivity index (χ2n) is 7.04. The van der Waals surface area contributed by atoms with E-state index < -0.39 is 0 Å². The van der Waals surface area contributed by atoms with Gasteiger partial charge in [-0.3, -0.25) is 4.99 Å². The molecule has 1 fully saturated rings. The van der Waals surface area contributed by atoms with Crippen molar-refractivity contribution in [3.63, 3.8) is 0 Å². The Labute approximate surface area is 164 Å². The number of guanidine groups is 1. The fraction of sp³-hybridized carbons (Fsp3) is 0.667. The summed E-state index contributed by atoms with van der Waals surface area (Å²) < 4.78 is 5.18. The van der Waals surface area contributed by atoms with Crippen LogP contribution in [0.4, 0.5) is 0 Å². The van der Waals surface area contributed by atoms with Crippen LogP contribution >= 0.6 is 0 Å². The van der Waals surface area contributed by atoms with Gasteiger partial charge >= 0.3 is 0 Å². The van der Waals surface area contributed by atoms with E-state index in [2.05, 4.69) is 35.9 Å². The Hall–Kier alpha value is -1.95. The number of phenolic OH excluding ortho intramolecular Hbond substituents is 1. The van der Waals surface area contributed by atoms with E-state index in [1.54, 1.807) is 13.2 Å². The zero-order valence-electron chi connectivity index (χ0n) is 17.4. The van der Waals surface area contributed by atoms with Gasteiger partial charge in [0.15, 0.2) is 17.5 Å². The topological polar surface area (TPSA) is 60.3 Å². The third kappa shape index (κ3) is 6.03. The fourth-order valence-electron chi connectivity index (χ4n) is 3.66. The number of methoxy groups -OCH3 is 1. The molecule has 2 rings (SSSR count). The largest absolute Gasteiger partial charge is 0.504 e. The first-order valence-corrected chi connectivity index (χ1v) is 10.2. The summed E-state index contributed by atoms with van der Waals surface area (Å²) >= 11 is 0. The zero-order chi connectivity index (χ0) is 19.6. The zero-order valence-corrected chi connectivity index (χ0v) is 17.4. The molecule has 27 heavy (non-hydrogen) atoms. The lowest BCUT2D eigenvalue weighted by Crippen LogP contribution is -2.41. The summed E-state index contributed by atoms with van der Waals surface area (Å²) in [5.41, 5.74) is 0.870. The molecule has 2 N–H and O–H groups in total. The van der Waals surface area contributed by atoms with E-state index in [9.17, 15) is 5.11 Å². The van der Waals surface area contributed by atoms with Crippen LogP contribution in [0.2, 0.25) is 0 Å². The van der Waals surface area contributed by atoms with E-state index in [4.69, 9.17) is 9.73 Å². The van der Waals surface area contributed by atoms with Crippen LogP contribution in [0, 0.1) is 5.92 Å². The Morgan fingerprint density at radius 1 is 1.33 bits per heavy atom. The number of likely N-dealkylation sites (tertiary alicyclic amines) is 1. The third-order valence-electron chi connectivity index (χ3n) is 5.28. The van der Waals surface area contributed by atoms with Crippen molar-refractivity contribution in [2.45, 2.75) is 33.6 Å². The number of nitrogens with zero attached hydrogens (tertiary/aromatic N) is 3. The van der Waals surface area contributed by atoms with Crippen molar-refractivity contribution in [2.75, 3.05) is 52.9 Å². The number of phenols is 1. The highest BCUT2D eigenvalue weighted by Crippen LogP contribution is 2.29. The molecular formula is C21H36N4O2. The van der Waals surface area contributed by atoms with Gasteiger partial charge < -0.3 is 25.0 Å². The number of benzene rings is 1. The second kappa shape index (κ2) is 11.0. The van der Waals surface area contributed by atoms with Crippen LogP contribution in [-0.2, 0) is 6.42 Å². The van der Waals surface area contributed by atoms with E-state index in [0.717, 1.165) is 44.2 Å². The summed E-state index contributed by atoms with van der Waals surface area (Å²) in [5, 5.41) is 13.7. The maximum Gasteiger partial charge on any atom is 0.193 e. The van der Waals surface area contributed by atoms with Crippen molar-refractivity contribution in [1.29, 1.82) is 0 Å². The van der Waals surface area contributed by atoms with Gasteiger partial charge in [0.1, 0.15) is 0 Å². The predicted octanol–water partition coefficient (Wildman–Crippen LogP) is 2.57. The van der Waals surface area contributed by atoms with Crippen molar-refractivity contribution < 1.29 is 9.84 Å². The molecule has 0 aliphatic carbocycles. The van der Waals surface area contributed by atoms with Crippen molar-refractivity contribution in [3.8, 4) is 11.5 Å². The van der Waals surface area contributed by atoms with Gasteiger partial charge in [-0.25, -0.2) is 0 Å². The summed E-state index contributed by atoms with van der Waals surface area (Å²) in [6.45, 7) is 13.6. The van der Waals surface area contributed by atoms with Crippen molar-refractivity contribution in [1.82, 2.24) is 15.1 Å². The Bertz CT molecular complexity index is 602. The number of para-hydroxylation sites is 1. The van der Waals surface area contributed by atoms with Gasteiger partial charge in [0.05, 0.1) is 7.11 Å². The van der Waals surface area contributed by atoms with E-state index in [0.29, 0.717) is 24.6 Å². The van der Waals surface area contributed by atoms with Crippen LogP contribution in [0.5, 0.6) is 11.5 Å². The van der Waals surface area contributed by atoms with Gasteiger partial charge in [-0.2, -0.15) is 0 Å². The van der Waals surface area contributed by atoms with Gasteiger partial charge in [-0.1, -0.05) is 26.0 Å². The molecule has 152 valence electrons. The van der Waals surface area contributed by atoms with Gasteiger partial charge in [0.25, 0.3) is 0 Å². The molecule has 1 aliphatic heterocycles. The smallest absolute Gasteiger partial charge is 0.193 e.